The summed E-state index contributed by atoms with van der Waals surface area (Å²) in [6.07, 6.45) is 0.901. The van der Waals surface area contributed by atoms with Crippen molar-refractivity contribution in [2.45, 2.75) is 12.5 Å². The van der Waals surface area contributed by atoms with Crippen LogP contribution in [0.3, 0.4) is 0 Å². The number of nitriles is 1. The van der Waals surface area contributed by atoms with Gasteiger partial charge in [-0.2, -0.15) is 5.26 Å². The van der Waals surface area contributed by atoms with Crippen LogP contribution in [0.25, 0.3) is 0 Å². The van der Waals surface area contributed by atoms with Crippen molar-refractivity contribution in [3.63, 3.8) is 0 Å². The van der Waals surface area contributed by atoms with Crippen molar-refractivity contribution in [3.8, 4) is 6.07 Å². The minimum Gasteiger partial charge on any atom is -0.329 e. The topological polar surface area (TPSA) is 61.8 Å². The van der Waals surface area contributed by atoms with Crippen LogP contribution in [0.5, 0.6) is 0 Å². The van der Waals surface area contributed by atoms with Crippen LogP contribution in [-0.4, -0.2) is 19.6 Å². The molecular weight excluding hydrogens is 174 g/mol. The third-order valence-corrected chi connectivity index (χ3v) is 2.26. The van der Waals surface area contributed by atoms with E-state index in [0.29, 0.717) is 18.2 Å². The number of nitrogens with one attached hydrogen (secondary N) is 1. The van der Waals surface area contributed by atoms with Gasteiger partial charge in [0, 0.05) is 12.6 Å². The Morgan fingerprint density at radius 2 is 2.07 bits per heavy atom. The number of nitrogens with two attached hydrogens (primary N) is 1. The Morgan fingerprint density at radius 3 is 2.50 bits per heavy atom. The molecule has 3 heteroatoms. The first-order chi connectivity index (χ1) is 6.80. The zero-order valence-corrected chi connectivity index (χ0v) is 8.33. The highest BCUT2D eigenvalue weighted by Gasteiger charge is 2.03. The summed E-state index contributed by atoms with van der Waals surface area (Å²) < 4.78 is 0. The quantitative estimate of drug-likeness (QED) is 0.731. The molecule has 0 aromatic heterocycles. The first-order valence-electron chi connectivity index (χ1n) is 4.66. The summed E-state index contributed by atoms with van der Waals surface area (Å²) in [4.78, 5) is 0. The maximum absolute atomic E-state index is 8.62. The SMILES string of the molecule is CN[C@H](CN)Cc1ccc(C#N)cc1. The van der Waals surface area contributed by atoms with Crippen LogP contribution in [0.4, 0.5) is 0 Å². The Morgan fingerprint density at radius 1 is 1.43 bits per heavy atom. The lowest BCUT2D eigenvalue weighted by molar-refractivity contribution is 0.569. The van der Waals surface area contributed by atoms with Crippen molar-refractivity contribution < 1.29 is 0 Å². The van der Waals surface area contributed by atoms with Crippen LogP contribution >= 0.6 is 0 Å². The Bertz CT molecular complexity index is 306. The number of hydrogen-bond donors (Lipinski definition) is 2. The number of hydrogen-bond acceptors (Lipinski definition) is 3. The van der Waals surface area contributed by atoms with E-state index < -0.39 is 0 Å². The molecule has 0 aliphatic carbocycles. The van der Waals surface area contributed by atoms with E-state index >= 15 is 0 Å². The smallest absolute Gasteiger partial charge is 0.0991 e. The summed E-state index contributed by atoms with van der Waals surface area (Å²) >= 11 is 0. The summed E-state index contributed by atoms with van der Waals surface area (Å²) in [7, 11) is 1.90. The highest BCUT2D eigenvalue weighted by molar-refractivity contribution is 5.31. The largest absolute Gasteiger partial charge is 0.329 e. The molecule has 0 aliphatic heterocycles. The molecule has 0 saturated carbocycles. The van der Waals surface area contributed by atoms with Crippen molar-refractivity contribution in [1.82, 2.24) is 5.32 Å². The van der Waals surface area contributed by atoms with Gasteiger partial charge < -0.3 is 11.1 Å². The molecule has 0 fully saturated rings. The van der Waals surface area contributed by atoms with E-state index in [0.717, 1.165) is 6.42 Å². The number of likely N-dealkylation sites (N-methyl/N-ethyl adjacent to an activating group) is 1. The van der Waals surface area contributed by atoms with E-state index in [9.17, 15) is 0 Å². The van der Waals surface area contributed by atoms with Crippen molar-refractivity contribution in [3.05, 3.63) is 35.4 Å². The fraction of sp³-hybridized carbons (Fsp3) is 0.364. The van der Waals surface area contributed by atoms with Crippen LogP contribution < -0.4 is 11.1 Å². The van der Waals surface area contributed by atoms with Crippen LogP contribution in [0.2, 0.25) is 0 Å². The molecule has 0 radical (unpaired) electrons. The van der Waals surface area contributed by atoms with Gasteiger partial charge in [0.15, 0.2) is 0 Å². The van der Waals surface area contributed by atoms with Crippen molar-refractivity contribution in [2.75, 3.05) is 13.6 Å². The molecule has 3 N–H and O–H groups in total. The maximum atomic E-state index is 8.62. The number of benzene rings is 1. The second kappa shape index (κ2) is 5.38. The predicted molar refractivity (Wildman–Crippen MR) is 56.8 cm³/mol. The molecule has 1 atom stereocenters. The third-order valence-electron chi connectivity index (χ3n) is 2.26. The molecule has 0 spiro atoms. The van der Waals surface area contributed by atoms with Crippen LogP contribution in [0, 0.1) is 11.3 Å². The van der Waals surface area contributed by atoms with Gasteiger partial charge in [-0.25, -0.2) is 0 Å². The van der Waals surface area contributed by atoms with Crippen molar-refractivity contribution in [1.29, 1.82) is 5.26 Å². The second-order valence-corrected chi connectivity index (χ2v) is 3.23. The molecule has 0 saturated heterocycles. The molecule has 0 amide bonds. The fourth-order valence-electron chi connectivity index (χ4n) is 1.30. The lowest BCUT2D eigenvalue weighted by atomic mass is 10.0. The zero-order valence-electron chi connectivity index (χ0n) is 8.33. The van der Waals surface area contributed by atoms with Crippen LogP contribution in [0.15, 0.2) is 24.3 Å². The first-order valence-corrected chi connectivity index (χ1v) is 4.66. The first kappa shape index (κ1) is 10.7. The number of nitrogens with zero attached hydrogens (tertiary/aromatic N) is 1. The summed E-state index contributed by atoms with van der Waals surface area (Å²) in [5, 5.41) is 11.8. The van der Waals surface area contributed by atoms with Gasteiger partial charge in [-0.05, 0) is 31.2 Å². The van der Waals surface area contributed by atoms with E-state index in [1.807, 2.05) is 31.3 Å². The fourth-order valence-corrected chi connectivity index (χ4v) is 1.30. The minimum atomic E-state index is 0.308. The van der Waals surface area contributed by atoms with Crippen molar-refractivity contribution in [2.24, 2.45) is 5.73 Å². The van der Waals surface area contributed by atoms with Gasteiger partial charge in [0.05, 0.1) is 11.6 Å². The Hall–Kier alpha value is -1.37. The third kappa shape index (κ3) is 2.84. The van der Waals surface area contributed by atoms with Gasteiger partial charge in [-0.3, -0.25) is 0 Å². The van der Waals surface area contributed by atoms with E-state index in [1.165, 1.54) is 5.56 Å². The van der Waals surface area contributed by atoms with E-state index in [-0.39, 0.29) is 0 Å². The summed E-state index contributed by atoms with van der Waals surface area (Å²) in [5.41, 5.74) is 7.47. The highest BCUT2D eigenvalue weighted by Crippen LogP contribution is 2.05. The standard InChI is InChI=1S/C11H15N3/c1-14-11(8-13)6-9-2-4-10(7-12)5-3-9/h2-5,11,14H,6,8,13H2,1H3/t11-/m0/s1. The second-order valence-electron chi connectivity index (χ2n) is 3.23. The van der Waals surface area contributed by atoms with E-state index in [2.05, 4.69) is 11.4 Å². The zero-order chi connectivity index (χ0) is 10.4. The van der Waals surface area contributed by atoms with Gasteiger partial charge in [0.2, 0.25) is 0 Å². The van der Waals surface area contributed by atoms with Gasteiger partial charge in [-0.1, -0.05) is 12.1 Å². The molecule has 1 aromatic carbocycles. The Labute approximate surface area is 84.5 Å². The molecule has 1 rings (SSSR count). The molecule has 74 valence electrons. The molecule has 0 heterocycles. The monoisotopic (exact) mass is 189 g/mol. The Balaban J connectivity index is 2.64. The molecule has 14 heavy (non-hydrogen) atoms. The Kier molecular flexibility index (Phi) is 4.11. The van der Waals surface area contributed by atoms with E-state index in [1.54, 1.807) is 0 Å². The summed E-state index contributed by atoms with van der Waals surface area (Å²) in [6, 6.07) is 10.0. The van der Waals surface area contributed by atoms with Crippen LogP contribution in [-0.2, 0) is 6.42 Å². The molecule has 0 unspecified atom stereocenters. The normalized spacial score (nSPS) is 12.1. The lowest BCUT2D eigenvalue weighted by Gasteiger charge is -2.13. The highest BCUT2D eigenvalue weighted by atomic mass is 14.9. The van der Waals surface area contributed by atoms with Crippen molar-refractivity contribution >= 4 is 0 Å². The van der Waals surface area contributed by atoms with Gasteiger partial charge in [0.25, 0.3) is 0 Å². The summed E-state index contributed by atoms with van der Waals surface area (Å²) in [6.45, 7) is 0.622. The minimum absolute atomic E-state index is 0.308. The van der Waals surface area contributed by atoms with Gasteiger partial charge in [-0.15, -0.1) is 0 Å². The maximum Gasteiger partial charge on any atom is 0.0991 e. The van der Waals surface area contributed by atoms with Crippen LogP contribution in [0.1, 0.15) is 11.1 Å². The molecular formula is C11H15N3. The average molecular weight is 189 g/mol. The van der Waals surface area contributed by atoms with Gasteiger partial charge >= 0.3 is 0 Å². The average Bonchev–Trinajstić information content (AvgIpc) is 2.26. The predicted octanol–water partition coefficient (Wildman–Crippen LogP) is 0.647. The summed E-state index contributed by atoms with van der Waals surface area (Å²) in [5.74, 6) is 0. The lowest BCUT2D eigenvalue weighted by Crippen LogP contribution is -2.35. The molecule has 0 aliphatic rings. The van der Waals surface area contributed by atoms with E-state index in [4.69, 9.17) is 11.0 Å². The van der Waals surface area contributed by atoms with Gasteiger partial charge in [0.1, 0.15) is 0 Å². The molecule has 1 aromatic rings. The number of rotatable bonds is 4. The molecule has 3 nitrogen and oxygen atoms in total. The molecule has 0 bridgehead atoms.